The zero-order chi connectivity index (χ0) is 26.3. The van der Waals surface area contributed by atoms with Crippen molar-refractivity contribution >= 4 is 0 Å². The Morgan fingerprint density at radius 1 is 1.05 bits per heavy atom. The van der Waals surface area contributed by atoms with E-state index < -0.39 is 54.8 Å². The van der Waals surface area contributed by atoms with E-state index in [1.54, 1.807) is 10.9 Å². The summed E-state index contributed by atoms with van der Waals surface area (Å²) < 4.78 is 43.4. The lowest BCUT2D eigenvalue weighted by atomic mass is 9.90. The summed E-state index contributed by atoms with van der Waals surface area (Å²) in [4.78, 5) is 0. The van der Waals surface area contributed by atoms with Crippen molar-refractivity contribution in [3.8, 4) is 11.3 Å². The normalized spacial score (nSPS) is 30.2. The van der Waals surface area contributed by atoms with Crippen molar-refractivity contribution in [3.63, 3.8) is 0 Å². The van der Waals surface area contributed by atoms with E-state index in [0.717, 1.165) is 12.8 Å². The predicted octanol–water partition coefficient (Wildman–Crippen LogP) is 1.13. The van der Waals surface area contributed by atoms with E-state index in [9.17, 15) is 24.1 Å². The third kappa shape index (κ3) is 4.77. The Morgan fingerprint density at radius 2 is 1.84 bits per heavy atom. The number of benzene rings is 1. The average Bonchev–Trinajstić information content (AvgIpc) is 3.64. The van der Waals surface area contributed by atoms with Crippen LogP contribution in [-0.2, 0) is 15.9 Å². The highest BCUT2D eigenvalue weighted by atomic mass is 19.2. The highest BCUT2D eigenvalue weighted by Crippen LogP contribution is 2.35. The van der Waals surface area contributed by atoms with Crippen molar-refractivity contribution in [2.45, 2.75) is 75.2 Å². The first-order valence-electron chi connectivity index (χ1n) is 12.2. The van der Waals surface area contributed by atoms with Gasteiger partial charge in [0.05, 0.1) is 36.7 Å². The molecule has 13 heteroatoms. The standard InChI is InChI=1S/C24H30F2N6O5/c1-12-6-7-14(21(26)20(12)25)15-10-32(30-28-15)22-23(35)19(11-33)37-18(24(22)36-2)8-13-9-31(29-27-13)16-4-3-5-17(16)34/h6-7,9-10,16-19,22-24,33-35H,3-5,8,11H2,1-2H3/t16-,17-,18+,19+,22-,23-,24-/m0/s1. The molecule has 0 amide bonds. The zero-order valence-electron chi connectivity index (χ0n) is 20.5. The van der Waals surface area contributed by atoms with Crippen LogP contribution in [0.3, 0.4) is 0 Å². The molecule has 0 spiro atoms. The number of hydrogen-bond donors (Lipinski definition) is 3. The Balaban J connectivity index is 1.42. The van der Waals surface area contributed by atoms with Crippen molar-refractivity contribution in [2.24, 2.45) is 0 Å². The summed E-state index contributed by atoms with van der Waals surface area (Å²) in [6.07, 6.45) is 1.77. The van der Waals surface area contributed by atoms with Crippen molar-refractivity contribution < 1.29 is 33.6 Å². The molecule has 0 unspecified atom stereocenters. The van der Waals surface area contributed by atoms with Crippen molar-refractivity contribution in [3.05, 3.63) is 47.4 Å². The van der Waals surface area contributed by atoms with E-state index >= 15 is 0 Å². The highest BCUT2D eigenvalue weighted by molar-refractivity contribution is 5.59. The maximum atomic E-state index is 14.6. The van der Waals surface area contributed by atoms with Crippen molar-refractivity contribution in [1.82, 2.24) is 30.0 Å². The molecule has 200 valence electrons. The van der Waals surface area contributed by atoms with Gasteiger partial charge in [-0.2, -0.15) is 0 Å². The first-order valence-corrected chi connectivity index (χ1v) is 12.2. The predicted molar refractivity (Wildman–Crippen MR) is 124 cm³/mol. The SMILES string of the molecule is CO[C@@H]1[C@@H](n2cc(-c3ccc(C)c(F)c3F)nn2)[C@@H](O)[C@@H](CO)O[C@@H]1Cc1cn([C@H]2CCC[C@@H]2O)nn1. The van der Waals surface area contributed by atoms with Crippen LogP contribution in [0.1, 0.15) is 42.6 Å². The molecule has 1 saturated carbocycles. The van der Waals surface area contributed by atoms with Gasteiger partial charge in [0.2, 0.25) is 0 Å². The first-order chi connectivity index (χ1) is 17.8. The van der Waals surface area contributed by atoms with Gasteiger partial charge in [-0.1, -0.05) is 16.5 Å². The second kappa shape index (κ2) is 10.5. The molecule has 3 heterocycles. The number of aliphatic hydroxyl groups excluding tert-OH is 3. The molecule has 5 rings (SSSR count). The van der Waals surface area contributed by atoms with E-state index in [2.05, 4.69) is 20.6 Å². The quantitative estimate of drug-likeness (QED) is 0.418. The van der Waals surface area contributed by atoms with Gasteiger partial charge in [-0.15, -0.1) is 10.2 Å². The van der Waals surface area contributed by atoms with Crippen LogP contribution in [0.15, 0.2) is 24.5 Å². The number of methoxy groups -OCH3 is 1. The molecule has 1 aliphatic heterocycles. The third-order valence-electron chi connectivity index (χ3n) is 7.35. The molecule has 1 aromatic carbocycles. The monoisotopic (exact) mass is 520 g/mol. The fourth-order valence-corrected chi connectivity index (χ4v) is 5.32. The summed E-state index contributed by atoms with van der Waals surface area (Å²) in [5.74, 6) is -2.00. The number of aliphatic hydroxyl groups is 3. The molecule has 2 aliphatic rings. The van der Waals surface area contributed by atoms with Crippen molar-refractivity contribution in [1.29, 1.82) is 0 Å². The van der Waals surface area contributed by atoms with Gasteiger partial charge < -0.3 is 24.8 Å². The van der Waals surface area contributed by atoms with Gasteiger partial charge in [0.1, 0.15) is 30.0 Å². The van der Waals surface area contributed by atoms with Crippen LogP contribution in [-0.4, -0.2) is 89.5 Å². The second-order valence-electron chi connectivity index (χ2n) is 9.68. The zero-order valence-corrected chi connectivity index (χ0v) is 20.5. The molecule has 1 saturated heterocycles. The summed E-state index contributed by atoms with van der Waals surface area (Å²) in [6.45, 7) is 0.995. The fraction of sp³-hybridized carbons (Fsp3) is 0.583. The summed E-state index contributed by atoms with van der Waals surface area (Å²) in [6, 6.07) is 1.88. The van der Waals surface area contributed by atoms with Crippen LogP contribution in [0.4, 0.5) is 8.78 Å². The minimum Gasteiger partial charge on any atom is -0.394 e. The van der Waals surface area contributed by atoms with Crippen LogP contribution in [0, 0.1) is 18.6 Å². The third-order valence-corrected chi connectivity index (χ3v) is 7.35. The van der Waals surface area contributed by atoms with Gasteiger partial charge in [-0.3, -0.25) is 0 Å². The number of aryl methyl sites for hydroxylation is 1. The van der Waals surface area contributed by atoms with Crippen LogP contribution < -0.4 is 0 Å². The fourth-order valence-electron chi connectivity index (χ4n) is 5.32. The van der Waals surface area contributed by atoms with Gasteiger partial charge in [0.15, 0.2) is 11.6 Å². The molecule has 1 aliphatic carbocycles. The Hall–Kier alpha value is -2.84. The highest BCUT2D eigenvalue weighted by Gasteiger charge is 2.47. The molecule has 0 bridgehead atoms. The number of aromatic nitrogens is 6. The van der Waals surface area contributed by atoms with Gasteiger partial charge >= 0.3 is 0 Å². The number of hydrogen-bond acceptors (Lipinski definition) is 9. The summed E-state index contributed by atoms with van der Waals surface area (Å²) >= 11 is 0. The minimum absolute atomic E-state index is 0.0640. The number of ether oxygens (including phenoxy) is 2. The topological polar surface area (TPSA) is 141 Å². The van der Waals surface area contributed by atoms with Crippen LogP contribution >= 0.6 is 0 Å². The van der Waals surface area contributed by atoms with Gasteiger partial charge in [0.25, 0.3) is 0 Å². The lowest BCUT2D eigenvalue weighted by Gasteiger charge is -2.43. The molecule has 7 atom stereocenters. The van der Waals surface area contributed by atoms with Gasteiger partial charge in [0, 0.05) is 25.3 Å². The van der Waals surface area contributed by atoms with Crippen LogP contribution in [0.5, 0.6) is 0 Å². The number of rotatable bonds is 7. The second-order valence-corrected chi connectivity index (χ2v) is 9.68. The van der Waals surface area contributed by atoms with E-state index in [1.165, 1.54) is 37.0 Å². The van der Waals surface area contributed by atoms with E-state index in [4.69, 9.17) is 9.47 Å². The first kappa shape index (κ1) is 25.8. The van der Waals surface area contributed by atoms with E-state index in [0.29, 0.717) is 12.1 Å². The molecule has 3 aromatic rings. The Morgan fingerprint density at radius 3 is 2.54 bits per heavy atom. The molecule has 11 nitrogen and oxygen atoms in total. The number of nitrogens with zero attached hydrogens (tertiary/aromatic N) is 6. The molecular formula is C24H30F2N6O5. The van der Waals surface area contributed by atoms with Crippen LogP contribution in [0.25, 0.3) is 11.3 Å². The molecule has 2 fully saturated rings. The maximum absolute atomic E-state index is 14.6. The van der Waals surface area contributed by atoms with E-state index in [-0.39, 0.29) is 29.3 Å². The average molecular weight is 521 g/mol. The molecule has 2 aromatic heterocycles. The molecule has 3 N–H and O–H groups in total. The lowest BCUT2D eigenvalue weighted by Crippen LogP contribution is -2.57. The Labute approximate surface area is 211 Å². The molecule has 37 heavy (non-hydrogen) atoms. The lowest BCUT2D eigenvalue weighted by molar-refractivity contribution is -0.212. The molecular weight excluding hydrogens is 490 g/mol. The smallest absolute Gasteiger partial charge is 0.168 e. The maximum Gasteiger partial charge on any atom is 0.168 e. The van der Waals surface area contributed by atoms with Crippen LogP contribution in [0.2, 0.25) is 0 Å². The van der Waals surface area contributed by atoms with Gasteiger partial charge in [-0.05, 0) is 37.8 Å². The summed E-state index contributed by atoms with van der Waals surface area (Å²) in [5.41, 5.74) is 0.779. The summed E-state index contributed by atoms with van der Waals surface area (Å²) in [5, 5.41) is 47.6. The van der Waals surface area contributed by atoms with Gasteiger partial charge in [-0.25, -0.2) is 18.1 Å². The number of halogens is 2. The Kier molecular flexibility index (Phi) is 7.32. The largest absolute Gasteiger partial charge is 0.394 e. The molecule has 0 radical (unpaired) electrons. The van der Waals surface area contributed by atoms with Crippen molar-refractivity contribution in [2.75, 3.05) is 13.7 Å². The summed E-state index contributed by atoms with van der Waals surface area (Å²) in [7, 11) is 1.46. The minimum atomic E-state index is -1.23. The van der Waals surface area contributed by atoms with E-state index in [1.807, 2.05) is 0 Å². The Bertz CT molecular complexity index is 1240.